The smallest absolute Gasteiger partial charge is 0.241 e. The number of hydrogen-bond donors (Lipinski definition) is 1. The zero-order valence-electron chi connectivity index (χ0n) is 15.8. The van der Waals surface area contributed by atoms with Gasteiger partial charge >= 0.3 is 0 Å². The Kier molecular flexibility index (Phi) is 6.74. The third-order valence-corrected chi connectivity index (χ3v) is 6.69. The van der Waals surface area contributed by atoms with Crippen LogP contribution in [0.25, 0.3) is 0 Å². The summed E-state index contributed by atoms with van der Waals surface area (Å²) >= 11 is 5.84. The SMILES string of the molecule is CC1CCN(C(=O)C(CCn2ccc(Cl)n2)NS(=O)(=O)c2ccccc2)CC1. The van der Waals surface area contributed by atoms with Crippen LogP contribution in [-0.4, -0.2) is 48.1 Å². The summed E-state index contributed by atoms with van der Waals surface area (Å²) in [5, 5.41) is 4.46. The first-order valence-electron chi connectivity index (χ1n) is 9.40. The molecule has 7 nitrogen and oxygen atoms in total. The summed E-state index contributed by atoms with van der Waals surface area (Å²) in [6.07, 6.45) is 3.85. The molecule has 28 heavy (non-hydrogen) atoms. The third kappa shape index (κ3) is 5.33. The van der Waals surface area contributed by atoms with Crippen LogP contribution in [0.1, 0.15) is 26.2 Å². The lowest BCUT2D eigenvalue weighted by Crippen LogP contribution is -2.50. The molecule has 1 aromatic heterocycles. The van der Waals surface area contributed by atoms with Crippen molar-refractivity contribution in [3.8, 4) is 0 Å². The van der Waals surface area contributed by atoms with Crippen LogP contribution in [0.2, 0.25) is 5.15 Å². The van der Waals surface area contributed by atoms with Gasteiger partial charge in [0, 0.05) is 25.8 Å². The lowest BCUT2D eigenvalue weighted by Gasteiger charge is -2.33. The molecule has 0 aliphatic carbocycles. The highest BCUT2D eigenvalue weighted by Gasteiger charge is 2.30. The molecule has 2 heterocycles. The summed E-state index contributed by atoms with van der Waals surface area (Å²) in [7, 11) is -3.81. The summed E-state index contributed by atoms with van der Waals surface area (Å²) in [4.78, 5) is 15.0. The number of aromatic nitrogens is 2. The van der Waals surface area contributed by atoms with Gasteiger partial charge in [-0.15, -0.1) is 0 Å². The Bertz CT molecular complexity index is 893. The van der Waals surface area contributed by atoms with E-state index in [1.807, 2.05) is 0 Å². The average molecular weight is 425 g/mol. The molecule has 0 saturated carbocycles. The van der Waals surface area contributed by atoms with Crippen molar-refractivity contribution in [2.45, 2.75) is 43.7 Å². The van der Waals surface area contributed by atoms with Gasteiger partial charge in [-0.05, 0) is 43.4 Å². The number of nitrogens with one attached hydrogen (secondary N) is 1. The molecule has 0 radical (unpaired) electrons. The van der Waals surface area contributed by atoms with Gasteiger partial charge in [0.15, 0.2) is 5.15 Å². The number of carbonyl (C=O) groups is 1. The zero-order chi connectivity index (χ0) is 20.1. The van der Waals surface area contributed by atoms with E-state index < -0.39 is 16.1 Å². The van der Waals surface area contributed by atoms with Crippen LogP contribution in [0.15, 0.2) is 47.5 Å². The minimum atomic E-state index is -3.81. The fraction of sp³-hybridized carbons (Fsp3) is 0.474. The molecule has 152 valence electrons. The van der Waals surface area contributed by atoms with E-state index in [0.29, 0.717) is 30.7 Å². The Morgan fingerprint density at radius 3 is 2.54 bits per heavy atom. The summed E-state index contributed by atoms with van der Waals surface area (Å²) in [6, 6.07) is 8.88. The number of likely N-dealkylation sites (tertiary alicyclic amines) is 1. The van der Waals surface area contributed by atoms with Crippen LogP contribution < -0.4 is 4.72 Å². The number of sulfonamides is 1. The Balaban J connectivity index is 1.76. The zero-order valence-corrected chi connectivity index (χ0v) is 17.4. The molecule has 2 aromatic rings. The van der Waals surface area contributed by atoms with Gasteiger partial charge in [0.2, 0.25) is 15.9 Å². The normalized spacial score (nSPS) is 16.9. The minimum Gasteiger partial charge on any atom is -0.341 e. The number of carbonyl (C=O) groups excluding carboxylic acids is 1. The van der Waals surface area contributed by atoms with Crippen molar-refractivity contribution in [1.29, 1.82) is 0 Å². The molecule has 1 N–H and O–H groups in total. The van der Waals surface area contributed by atoms with E-state index >= 15 is 0 Å². The predicted octanol–water partition coefficient (Wildman–Crippen LogP) is 2.53. The molecule has 1 amide bonds. The molecular formula is C19H25ClN4O3S. The van der Waals surface area contributed by atoms with E-state index in [0.717, 1.165) is 12.8 Å². The fourth-order valence-electron chi connectivity index (χ4n) is 3.26. The first-order chi connectivity index (χ1) is 13.3. The van der Waals surface area contributed by atoms with Gasteiger partial charge in [-0.25, -0.2) is 8.42 Å². The molecule has 1 unspecified atom stereocenters. The van der Waals surface area contributed by atoms with Crippen LogP contribution in [0.3, 0.4) is 0 Å². The quantitative estimate of drug-likeness (QED) is 0.740. The minimum absolute atomic E-state index is 0.141. The predicted molar refractivity (Wildman–Crippen MR) is 107 cm³/mol. The van der Waals surface area contributed by atoms with E-state index in [2.05, 4.69) is 16.7 Å². The molecule has 9 heteroatoms. The molecule has 1 fully saturated rings. The van der Waals surface area contributed by atoms with Crippen molar-refractivity contribution in [2.75, 3.05) is 13.1 Å². The molecule has 1 aliphatic rings. The van der Waals surface area contributed by atoms with Gasteiger partial charge in [-0.3, -0.25) is 9.48 Å². The van der Waals surface area contributed by atoms with Crippen LogP contribution in [0.5, 0.6) is 0 Å². The van der Waals surface area contributed by atoms with Gasteiger partial charge in [0.05, 0.1) is 4.90 Å². The second-order valence-electron chi connectivity index (χ2n) is 7.18. The molecule has 3 rings (SSSR count). The van der Waals surface area contributed by atoms with Crippen LogP contribution in [0, 0.1) is 5.92 Å². The first kappa shape index (κ1) is 20.8. The van der Waals surface area contributed by atoms with E-state index in [4.69, 9.17) is 11.6 Å². The fourth-order valence-corrected chi connectivity index (χ4v) is 4.66. The monoisotopic (exact) mass is 424 g/mol. The Labute approximate surface area is 170 Å². The Morgan fingerprint density at radius 1 is 1.25 bits per heavy atom. The summed E-state index contributed by atoms with van der Waals surface area (Å²) in [6.45, 7) is 3.85. The second-order valence-corrected chi connectivity index (χ2v) is 9.29. The van der Waals surface area contributed by atoms with Gasteiger partial charge in [-0.2, -0.15) is 9.82 Å². The van der Waals surface area contributed by atoms with Gasteiger partial charge < -0.3 is 4.90 Å². The highest BCUT2D eigenvalue weighted by atomic mass is 35.5. The van der Waals surface area contributed by atoms with Crippen LogP contribution in [-0.2, 0) is 21.4 Å². The molecule has 0 bridgehead atoms. The number of benzene rings is 1. The summed E-state index contributed by atoms with van der Waals surface area (Å²) in [5.41, 5.74) is 0. The lowest BCUT2D eigenvalue weighted by molar-refractivity contribution is -0.134. The van der Waals surface area contributed by atoms with Gasteiger partial charge in [0.1, 0.15) is 6.04 Å². The summed E-state index contributed by atoms with van der Waals surface area (Å²) in [5.74, 6) is 0.388. The van der Waals surface area contributed by atoms with Crippen molar-refractivity contribution < 1.29 is 13.2 Å². The second kappa shape index (κ2) is 9.07. The molecule has 1 atom stereocenters. The largest absolute Gasteiger partial charge is 0.341 e. The standard InChI is InChI=1S/C19H25ClN4O3S/c1-15-7-11-23(12-8-15)19(25)17(9-13-24-14-10-18(20)21-24)22-28(26,27)16-5-3-2-4-6-16/h2-6,10,14-15,17,22H,7-9,11-13H2,1H3. The maximum Gasteiger partial charge on any atom is 0.241 e. The molecule has 1 aliphatic heterocycles. The number of rotatable bonds is 7. The maximum atomic E-state index is 13.1. The topological polar surface area (TPSA) is 84.3 Å². The summed E-state index contributed by atoms with van der Waals surface area (Å²) < 4.78 is 29.8. The highest BCUT2D eigenvalue weighted by Crippen LogP contribution is 2.18. The van der Waals surface area contributed by atoms with Crippen molar-refractivity contribution in [3.63, 3.8) is 0 Å². The van der Waals surface area contributed by atoms with E-state index in [1.54, 1.807) is 40.0 Å². The average Bonchev–Trinajstić information content (AvgIpc) is 3.11. The number of amides is 1. The first-order valence-corrected chi connectivity index (χ1v) is 11.3. The van der Waals surface area contributed by atoms with E-state index in [9.17, 15) is 13.2 Å². The van der Waals surface area contributed by atoms with Crippen LogP contribution in [0.4, 0.5) is 0 Å². The maximum absolute atomic E-state index is 13.1. The van der Waals surface area contributed by atoms with Gasteiger partial charge in [0.25, 0.3) is 0 Å². The molecular weight excluding hydrogens is 400 g/mol. The molecule has 0 spiro atoms. The Morgan fingerprint density at radius 2 is 1.93 bits per heavy atom. The number of piperidine rings is 1. The highest BCUT2D eigenvalue weighted by molar-refractivity contribution is 7.89. The number of nitrogens with zero attached hydrogens (tertiary/aromatic N) is 3. The van der Waals surface area contributed by atoms with Crippen molar-refractivity contribution >= 4 is 27.5 Å². The number of aryl methyl sites for hydroxylation is 1. The van der Waals surface area contributed by atoms with Gasteiger partial charge in [-0.1, -0.05) is 36.7 Å². The molecule has 1 saturated heterocycles. The van der Waals surface area contributed by atoms with Crippen molar-refractivity contribution in [3.05, 3.63) is 47.7 Å². The van der Waals surface area contributed by atoms with Crippen molar-refractivity contribution in [1.82, 2.24) is 19.4 Å². The third-order valence-electron chi connectivity index (χ3n) is 5.00. The lowest BCUT2D eigenvalue weighted by atomic mass is 9.98. The number of halogens is 1. The Hall–Kier alpha value is -1.90. The molecule has 1 aromatic carbocycles. The van der Waals surface area contributed by atoms with Crippen LogP contribution >= 0.6 is 11.6 Å². The number of hydrogen-bond acceptors (Lipinski definition) is 4. The van der Waals surface area contributed by atoms with E-state index in [-0.39, 0.29) is 17.2 Å². The van der Waals surface area contributed by atoms with E-state index in [1.165, 1.54) is 12.1 Å². The van der Waals surface area contributed by atoms with Crippen molar-refractivity contribution in [2.24, 2.45) is 5.92 Å².